The Labute approximate surface area is 90.4 Å². The zero-order chi connectivity index (χ0) is 10.5. The molecule has 2 heterocycles. The van der Waals surface area contributed by atoms with Crippen molar-refractivity contribution in [2.45, 2.75) is 31.2 Å². The van der Waals surface area contributed by atoms with Gasteiger partial charge in [0.25, 0.3) is 0 Å². The molecule has 0 amide bonds. The van der Waals surface area contributed by atoms with Crippen LogP contribution >= 0.6 is 0 Å². The smallest absolute Gasteiger partial charge is 0.0703 e. The van der Waals surface area contributed by atoms with E-state index in [0.717, 1.165) is 13.0 Å². The lowest BCUT2D eigenvalue weighted by Gasteiger charge is -2.47. The van der Waals surface area contributed by atoms with Crippen LogP contribution in [-0.2, 0) is 5.41 Å². The van der Waals surface area contributed by atoms with Crippen molar-refractivity contribution in [2.24, 2.45) is 4.99 Å². The van der Waals surface area contributed by atoms with Crippen LogP contribution in [0.4, 0.5) is 5.69 Å². The Morgan fingerprint density at radius 3 is 2.93 bits per heavy atom. The first-order chi connectivity index (χ1) is 7.11. The fraction of sp³-hybridized carbons (Fsp3) is 0.462. The van der Waals surface area contributed by atoms with Crippen LogP contribution in [0, 0.1) is 0 Å². The maximum atomic E-state index is 4.52. The minimum Gasteiger partial charge on any atom is -0.375 e. The van der Waals surface area contributed by atoms with Crippen molar-refractivity contribution in [1.82, 2.24) is 0 Å². The van der Waals surface area contributed by atoms with E-state index >= 15 is 0 Å². The molecular formula is C13H16N2. The number of para-hydroxylation sites is 1. The van der Waals surface area contributed by atoms with Crippen LogP contribution in [0.2, 0.25) is 0 Å². The molecule has 2 nitrogen and oxygen atoms in total. The van der Waals surface area contributed by atoms with Gasteiger partial charge in [0.1, 0.15) is 0 Å². The van der Waals surface area contributed by atoms with Crippen molar-refractivity contribution in [3.05, 3.63) is 29.8 Å². The van der Waals surface area contributed by atoms with E-state index in [-0.39, 0.29) is 11.0 Å². The molecule has 0 saturated heterocycles. The van der Waals surface area contributed by atoms with Crippen molar-refractivity contribution < 1.29 is 0 Å². The molecule has 1 aromatic carbocycles. The normalized spacial score (nSPS) is 36.9. The van der Waals surface area contributed by atoms with Crippen LogP contribution in [-0.4, -0.2) is 18.3 Å². The second-order valence-electron chi connectivity index (χ2n) is 5.30. The molecule has 1 aromatic rings. The highest BCUT2D eigenvalue weighted by Gasteiger charge is 2.43. The van der Waals surface area contributed by atoms with Crippen LogP contribution in [0.25, 0.3) is 0 Å². The molecule has 78 valence electrons. The van der Waals surface area contributed by atoms with E-state index in [9.17, 15) is 0 Å². The van der Waals surface area contributed by atoms with E-state index in [1.807, 2.05) is 0 Å². The Bertz CT molecular complexity index is 438. The molecular weight excluding hydrogens is 184 g/mol. The maximum Gasteiger partial charge on any atom is 0.0703 e. The van der Waals surface area contributed by atoms with Crippen molar-refractivity contribution in [2.75, 3.05) is 11.9 Å². The number of hydrogen-bond donors (Lipinski definition) is 1. The zero-order valence-corrected chi connectivity index (χ0v) is 9.25. The topological polar surface area (TPSA) is 24.4 Å². The highest BCUT2D eigenvalue weighted by atomic mass is 15.0. The van der Waals surface area contributed by atoms with Gasteiger partial charge in [-0.1, -0.05) is 25.1 Å². The minimum absolute atomic E-state index is 0.0430. The summed E-state index contributed by atoms with van der Waals surface area (Å²) in [6, 6.07) is 8.61. The molecule has 0 fully saturated rings. The van der Waals surface area contributed by atoms with Crippen molar-refractivity contribution >= 4 is 11.9 Å². The second-order valence-corrected chi connectivity index (χ2v) is 5.30. The maximum absolute atomic E-state index is 4.52. The molecule has 0 saturated carbocycles. The third kappa shape index (κ3) is 1.21. The second kappa shape index (κ2) is 2.63. The standard InChI is InChI=1S/C13H16N2/c1-12-7-13(2,9-14-8-12)15-11-6-4-3-5-10(11)12/h3-6,9,15H,7-8H2,1-2H3. The SMILES string of the molecule is CC12C=NCC(C)(C1)c1ccccc1N2. The summed E-state index contributed by atoms with van der Waals surface area (Å²) in [6.45, 7) is 5.46. The van der Waals surface area contributed by atoms with Crippen molar-refractivity contribution in [3.8, 4) is 0 Å². The molecule has 0 aliphatic carbocycles. The monoisotopic (exact) mass is 200 g/mol. The minimum atomic E-state index is 0.0430. The number of aliphatic imine (C=N–C) groups is 1. The molecule has 0 radical (unpaired) electrons. The highest BCUT2D eigenvalue weighted by molar-refractivity contribution is 5.80. The van der Waals surface area contributed by atoms with Gasteiger partial charge in [-0.05, 0) is 25.0 Å². The van der Waals surface area contributed by atoms with Gasteiger partial charge < -0.3 is 5.32 Å². The first-order valence-electron chi connectivity index (χ1n) is 5.50. The first-order valence-corrected chi connectivity index (χ1v) is 5.50. The van der Waals surface area contributed by atoms with Gasteiger partial charge >= 0.3 is 0 Å². The van der Waals surface area contributed by atoms with E-state index in [0.29, 0.717) is 0 Å². The van der Waals surface area contributed by atoms with Gasteiger partial charge in [-0.3, -0.25) is 4.99 Å². The third-order valence-electron chi connectivity index (χ3n) is 3.57. The molecule has 0 aromatic heterocycles. The summed E-state index contributed by atoms with van der Waals surface area (Å²) in [6.07, 6.45) is 3.21. The van der Waals surface area contributed by atoms with E-state index in [4.69, 9.17) is 0 Å². The van der Waals surface area contributed by atoms with E-state index in [2.05, 4.69) is 54.6 Å². The van der Waals surface area contributed by atoms with Crippen LogP contribution in [0.3, 0.4) is 0 Å². The Kier molecular flexibility index (Phi) is 1.57. The average molecular weight is 200 g/mol. The summed E-state index contributed by atoms with van der Waals surface area (Å²) < 4.78 is 0. The van der Waals surface area contributed by atoms with Crippen LogP contribution in [0.15, 0.2) is 29.3 Å². The predicted molar refractivity (Wildman–Crippen MR) is 63.8 cm³/mol. The molecule has 2 aliphatic heterocycles. The molecule has 2 aliphatic rings. The van der Waals surface area contributed by atoms with Gasteiger partial charge in [0.15, 0.2) is 0 Å². The van der Waals surface area contributed by atoms with Crippen LogP contribution in [0.1, 0.15) is 25.8 Å². The summed E-state index contributed by atoms with van der Waals surface area (Å²) in [4.78, 5) is 4.52. The van der Waals surface area contributed by atoms with Gasteiger partial charge in [-0.15, -0.1) is 0 Å². The molecule has 2 bridgehead atoms. The molecule has 2 atom stereocenters. The van der Waals surface area contributed by atoms with Crippen molar-refractivity contribution in [3.63, 3.8) is 0 Å². The summed E-state index contributed by atoms with van der Waals surface area (Å²) in [5, 5.41) is 3.58. The summed E-state index contributed by atoms with van der Waals surface area (Å²) >= 11 is 0. The molecule has 15 heavy (non-hydrogen) atoms. The molecule has 2 unspecified atom stereocenters. The van der Waals surface area contributed by atoms with Gasteiger partial charge in [0.05, 0.1) is 5.54 Å². The summed E-state index contributed by atoms with van der Waals surface area (Å²) in [5.41, 5.74) is 2.95. The number of benzene rings is 1. The number of anilines is 1. The summed E-state index contributed by atoms with van der Waals surface area (Å²) in [7, 11) is 0. The lowest BCUT2D eigenvalue weighted by Crippen LogP contribution is -2.51. The van der Waals surface area contributed by atoms with E-state index < -0.39 is 0 Å². The Morgan fingerprint density at radius 2 is 2.07 bits per heavy atom. The van der Waals surface area contributed by atoms with E-state index in [1.165, 1.54) is 11.3 Å². The molecule has 0 spiro atoms. The number of nitrogens with one attached hydrogen (secondary N) is 1. The van der Waals surface area contributed by atoms with Gasteiger partial charge in [0, 0.05) is 23.9 Å². The average Bonchev–Trinajstić information content (AvgIpc) is 2.16. The Morgan fingerprint density at radius 1 is 1.27 bits per heavy atom. The number of rotatable bonds is 0. The Balaban J connectivity index is 2.21. The number of nitrogens with zero attached hydrogens (tertiary/aromatic N) is 1. The largest absolute Gasteiger partial charge is 0.375 e. The fourth-order valence-corrected chi connectivity index (χ4v) is 3.04. The van der Waals surface area contributed by atoms with Crippen LogP contribution < -0.4 is 5.32 Å². The third-order valence-corrected chi connectivity index (χ3v) is 3.57. The number of fused-ring (bicyclic) bond motifs is 4. The lowest BCUT2D eigenvalue weighted by molar-refractivity contribution is 0.361. The van der Waals surface area contributed by atoms with Crippen LogP contribution in [0.5, 0.6) is 0 Å². The Hall–Kier alpha value is -1.31. The van der Waals surface area contributed by atoms with E-state index in [1.54, 1.807) is 0 Å². The summed E-state index contributed by atoms with van der Waals surface area (Å²) in [5.74, 6) is 0. The molecule has 3 rings (SSSR count). The zero-order valence-electron chi connectivity index (χ0n) is 9.25. The quantitative estimate of drug-likeness (QED) is 0.684. The van der Waals surface area contributed by atoms with Crippen molar-refractivity contribution in [1.29, 1.82) is 0 Å². The predicted octanol–water partition coefficient (Wildman–Crippen LogP) is 2.60. The lowest BCUT2D eigenvalue weighted by atomic mass is 9.68. The van der Waals surface area contributed by atoms with Gasteiger partial charge in [-0.2, -0.15) is 0 Å². The highest BCUT2D eigenvalue weighted by Crippen LogP contribution is 2.44. The van der Waals surface area contributed by atoms with Gasteiger partial charge in [0.2, 0.25) is 0 Å². The first kappa shape index (κ1) is 8.96. The fourth-order valence-electron chi connectivity index (χ4n) is 3.04. The molecule has 2 heteroatoms. The molecule has 1 N–H and O–H groups in total. The number of hydrogen-bond acceptors (Lipinski definition) is 2. The van der Waals surface area contributed by atoms with Gasteiger partial charge in [-0.25, -0.2) is 0 Å².